The number of carbonyl (C=O) groups excluding carboxylic acids is 1. The number of ether oxygens (including phenoxy) is 2. The maximum Gasteiger partial charge on any atom is 0.296 e. The van der Waals surface area contributed by atoms with Gasteiger partial charge in [0.2, 0.25) is 17.4 Å². The monoisotopic (exact) mass is 913 g/mol. The number of anilines is 2. The van der Waals surface area contributed by atoms with E-state index in [1.54, 1.807) is 31.1 Å². The summed E-state index contributed by atoms with van der Waals surface area (Å²) >= 11 is 13.1. The first kappa shape index (κ1) is 42.9. The molecule has 64 heavy (non-hydrogen) atoms. The maximum absolute atomic E-state index is 14.6. The van der Waals surface area contributed by atoms with Gasteiger partial charge in [0.25, 0.3) is 11.1 Å². The van der Waals surface area contributed by atoms with Gasteiger partial charge in [-0.25, -0.2) is 18.7 Å². The Balaban J connectivity index is 0.000000163. The summed E-state index contributed by atoms with van der Waals surface area (Å²) in [6.45, 7) is 10.1. The molecule has 0 bridgehead atoms. The van der Waals surface area contributed by atoms with E-state index in [9.17, 15) is 33.4 Å². The molecule has 4 aliphatic heterocycles. The number of nitrogens with zero attached hydrogens (tertiary/aromatic N) is 7. The van der Waals surface area contributed by atoms with Gasteiger partial charge >= 0.3 is 0 Å². The standard InChI is InChI=1S/C24H22ClFN4O4.C22H21ClFN3O3/c1-4-18(32)29-10-13-11-34-22-21(30(13)9-12(29)2)14-8-15(25)20(27-23(14)28(3)24(22)33)19-16(26)6-5-7-17(19)31;1-11-6-7-12-10-30-20-19(27(12)9-11)13-8-14(23)18(25-21(13)26(2)22(20)29)17-15(24)4-3-5-16(17)28/h4-8,12-13,31H,1,9-11H2,2-3H3;3-5,8,11-12,28H,6-7,9-10H2,1-2H3/t12-,13-;11-,12+/m10/s1. The zero-order valence-electron chi connectivity index (χ0n) is 35.2. The third-order valence-electron chi connectivity index (χ3n) is 12.6. The Labute approximate surface area is 375 Å². The molecular formula is C46H43Cl2F2N7O7. The number of phenolic OH excluding ortho intramolecular Hbond substituents is 2. The van der Waals surface area contributed by atoms with Gasteiger partial charge in [0, 0.05) is 50.5 Å². The highest BCUT2D eigenvalue weighted by Crippen LogP contribution is 2.45. The number of benzene rings is 2. The highest BCUT2D eigenvalue weighted by atomic mass is 35.5. The molecule has 2 aromatic carbocycles. The Morgan fingerprint density at radius 3 is 1.73 bits per heavy atom. The average Bonchev–Trinajstić information content (AvgIpc) is 3.27. The molecule has 4 atom stereocenters. The molecule has 6 aromatic rings. The summed E-state index contributed by atoms with van der Waals surface area (Å²) in [7, 11) is 3.15. The number of carbonyl (C=O) groups is 1. The molecule has 2 saturated heterocycles. The SMILES string of the molecule is C=CC(=O)N1C[C@@H]2COc3c(c4cc(Cl)c(-c5c(O)cccc5F)nc4n(C)c3=O)N2C[C@H]1C.C[C@H]1CC[C@@H]2COc3c(c4cc(Cl)c(-c5c(O)cccc5F)nc4n(C)c3=O)N2C1. The fourth-order valence-electron chi connectivity index (χ4n) is 9.33. The Morgan fingerprint density at radius 2 is 1.25 bits per heavy atom. The molecule has 8 heterocycles. The molecule has 4 aromatic heterocycles. The predicted octanol–water partition coefficient (Wildman–Crippen LogP) is 7.18. The van der Waals surface area contributed by atoms with E-state index in [1.165, 1.54) is 51.6 Å². The van der Waals surface area contributed by atoms with Crippen molar-refractivity contribution in [1.82, 2.24) is 24.0 Å². The number of rotatable bonds is 3. The third-order valence-corrected chi connectivity index (χ3v) is 13.2. The summed E-state index contributed by atoms with van der Waals surface area (Å²) in [5, 5.41) is 22.0. The van der Waals surface area contributed by atoms with Crippen LogP contribution in [-0.4, -0.2) is 91.1 Å². The van der Waals surface area contributed by atoms with Gasteiger partial charge in [-0.15, -0.1) is 0 Å². The Bertz CT molecular complexity index is 3030. The van der Waals surface area contributed by atoms with Crippen LogP contribution in [0.2, 0.25) is 10.0 Å². The van der Waals surface area contributed by atoms with Crippen LogP contribution in [0.1, 0.15) is 26.7 Å². The minimum atomic E-state index is -0.683. The normalized spacial score (nSPS) is 20.0. The van der Waals surface area contributed by atoms with E-state index in [-0.39, 0.29) is 91.7 Å². The number of hydrogen-bond acceptors (Lipinski definition) is 11. The van der Waals surface area contributed by atoms with Crippen molar-refractivity contribution in [2.24, 2.45) is 20.0 Å². The van der Waals surface area contributed by atoms with Gasteiger partial charge in [0.05, 0.1) is 56.0 Å². The smallest absolute Gasteiger partial charge is 0.296 e. The van der Waals surface area contributed by atoms with Crippen molar-refractivity contribution < 1.29 is 33.3 Å². The molecule has 18 heteroatoms. The quantitative estimate of drug-likeness (QED) is 0.174. The second-order valence-corrected chi connectivity index (χ2v) is 17.5. The largest absolute Gasteiger partial charge is 0.507 e. The second-order valence-electron chi connectivity index (χ2n) is 16.7. The summed E-state index contributed by atoms with van der Waals surface area (Å²) in [6, 6.07) is 11.1. The van der Waals surface area contributed by atoms with Crippen LogP contribution in [-0.2, 0) is 18.9 Å². The number of phenols is 2. The van der Waals surface area contributed by atoms with Gasteiger partial charge in [-0.2, -0.15) is 0 Å². The fourth-order valence-corrected chi connectivity index (χ4v) is 9.82. The van der Waals surface area contributed by atoms with Crippen molar-refractivity contribution in [2.45, 2.75) is 44.8 Å². The first-order valence-corrected chi connectivity index (χ1v) is 21.5. The molecule has 0 radical (unpaired) electrons. The van der Waals surface area contributed by atoms with Crippen LogP contribution in [0.4, 0.5) is 20.2 Å². The molecule has 1 amide bonds. The molecule has 0 unspecified atom stereocenters. The van der Waals surface area contributed by atoms with Crippen LogP contribution in [0.3, 0.4) is 0 Å². The number of piperidine rings is 1. The minimum Gasteiger partial charge on any atom is -0.507 e. The van der Waals surface area contributed by atoms with Crippen molar-refractivity contribution in [2.75, 3.05) is 42.6 Å². The number of halogens is 4. The first-order chi connectivity index (χ1) is 30.6. The summed E-state index contributed by atoms with van der Waals surface area (Å²) in [5.41, 5.74) is 1.09. The van der Waals surface area contributed by atoms with Crippen LogP contribution in [0, 0.1) is 17.6 Å². The number of fused-ring (bicyclic) bond motifs is 10. The van der Waals surface area contributed by atoms with Gasteiger partial charge in [0.15, 0.2) is 0 Å². The number of aromatic nitrogens is 4. The third kappa shape index (κ3) is 6.94. The van der Waals surface area contributed by atoms with Crippen LogP contribution in [0.5, 0.6) is 23.0 Å². The highest BCUT2D eigenvalue weighted by Gasteiger charge is 2.41. The second kappa shape index (κ2) is 16.3. The Hall–Kier alpha value is -6.39. The lowest BCUT2D eigenvalue weighted by Crippen LogP contribution is -2.62. The molecule has 14 nitrogen and oxygen atoms in total. The van der Waals surface area contributed by atoms with Gasteiger partial charge in [0.1, 0.15) is 47.6 Å². The number of hydrogen-bond donors (Lipinski definition) is 2. The molecule has 0 spiro atoms. The number of aromatic hydroxyl groups is 2. The molecule has 10 rings (SSSR count). The van der Waals surface area contributed by atoms with Gasteiger partial charge < -0.3 is 34.4 Å². The van der Waals surface area contributed by atoms with E-state index in [2.05, 4.69) is 33.3 Å². The minimum absolute atomic E-state index is 0.0303. The number of pyridine rings is 4. The summed E-state index contributed by atoms with van der Waals surface area (Å²) in [6.07, 6.45) is 3.39. The van der Waals surface area contributed by atoms with Crippen LogP contribution < -0.4 is 30.4 Å². The van der Waals surface area contributed by atoms with Crippen molar-refractivity contribution in [1.29, 1.82) is 0 Å². The molecule has 2 fully saturated rings. The highest BCUT2D eigenvalue weighted by molar-refractivity contribution is 6.34. The topological polar surface area (TPSA) is 155 Å². The van der Waals surface area contributed by atoms with Crippen LogP contribution in [0.25, 0.3) is 44.6 Å². The summed E-state index contributed by atoms with van der Waals surface area (Å²) in [5.74, 6) is -1.08. The Morgan fingerprint density at radius 1 is 0.766 bits per heavy atom. The zero-order chi connectivity index (χ0) is 45.5. The average molecular weight is 915 g/mol. The number of aryl methyl sites for hydroxylation is 2. The summed E-state index contributed by atoms with van der Waals surface area (Å²) in [4.78, 5) is 53.6. The van der Waals surface area contributed by atoms with E-state index >= 15 is 0 Å². The van der Waals surface area contributed by atoms with Crippen LogP contribution in [0.15, 0.2) is 70.8 Å². The van der Waals surface area contributed by atoms with Crippen molar-refractivity contribution in [3.05, 3.63) is 104 Å². The molecule has 0 saturated carbocycles. The zero-order valence-corrected chi connectivity index (χ0v) is 36.8. The first-order valence-electron chi connectivity index (χ1n) is 20.7. The lowest BCUT2D eigenvalue weighted by atomic mass is 9.92. The van der Waals surface area contributed by atoms with Gasteiger partial charge in [-0.05, 0) is 68.2 Å². The van der Waals surface area contributed by atoms with Crippen molar-refractivity contribution in [3.8, 4) is 45.5 Å². The van der Waals surface area contributed by atoms with E-state index < -0.39 is 17.2 Å². The molecular weight excluding hydrogens is 871 g/mol. The van der Waals surface area contributed by atoms with E-state index in [1.807, 2.05) is 6.92 Å². The van der Waals surface area contributed by atoms with Crippen LogP contribution >= 0.6 is 23.2 Å². The Kier molecular flexibility index (Phi) is 10.9. The number of amides is 1. The summed E-state index contributed by atoms with van der Waals surface area (Å²) < 4.78 is 43.6. The fraction of sp³-hybridized carbons (Fsp3) is 0.326. The molecule has 2 N–H and O–H groups in total. The molecule has 0 aliphatic carbocycles. The van der Waals surface area contributed by atoms with E-state index in [0.717, 1.165) is 19.4 Å². The van der Waals surface area contributed by atoms with E-state index in [0.29, 0.717) is 59.2 Å². The lowest BCUT2D eigenvalue weighted by molar-refractivity contribution is -0.129. The van der Waals surface area contributed by atoms with Crippen molar-refractivity contribution >= 4 is 62.6 Å². The molecule has 4 aliphatic rings. The predicted molar refractivity (Wildman–Crippen MR) is 241 cm³/mol. The lowest BCUT2D eigenvalue weighted by Gasteiger charge is -2.48. The van der Waals surface area contributed by atoms with Crippen molar-refractivity contribution in [3.63, 3.8) is 0 Å². The number of piperazine rings is 1. The van der Waals surface area contributed by atoms with Gasteiger partial charge in [-0.1, -0.05) is 48.8 Å². The van der Waals surface area contributed by atoms with Gasteiger partial charge in [-0.3, -0.25) is 23.5 Å². The van der Waals surface area contributed by atoms with E-state index in [4.69, 9.17) is 32.7 Å². The molecule has 332 valence electrons. The maximum atomic E-state index is 14.6.